The molecule has 0 saturated carbocycles. The minimum absolute atomic E-state index is 0.00300. The normalized spacial score (nSPS) is 17.8. The first-order valence-corrected chi connectivity index (χ1v) is 10.5. The highest BCUT2D eigenvalue weighted by molar-refractivity contribution is 7.10. The molecule has 1 aliphatic rings. The number of ether oxygens (including phenoxy) is 2. The van der Waals surface area contributed by atoms with E-state index < -0.39 is 17.7 Å². The van der Waals surface area contributed by atoms with Crippen LogP contribution in [0.2, 0.25) is 0 Å². The summed E-state index contributed by atoms with van der Waals surface area (Å²) in [7, 11) is 2.93. The van der Waals surface area contributed by atoms with E-state index in [1.165, 1.54) is 30.5 Å². The van der Waals surface area contributed by atoms with Crippen LogP contribution in [-0.2, 0) is 9.59 Å². The van der Waals surface area contributed by atoms with Crippen LogP contribution in [0, 0.1) is 6.92 Å². The standard InChI is InChI=1S/C24H21NO5S/c1-14-7-4-8-15(13-14)25-21(18-11-6-12-31-18)20(23(27)24(25)28)22(26)19-16(29-2)9-5-10-17(19)30-3/h4-13,21,26H,1-3H3/b22-20+. The molecule has 3 aromatic rings. The highest BCUT2D eigenvalue weighted by Crippen LogP contribution is 2.46. The SMILES string of the molecule is COc1cccc(OC)c1/C(O)=C1\C(=O)C(=O)N(c2cccc(C)c2)C1c1cccs1. The summed E-state index contributed by atoms with van der Waals surface area (Å²) in [6.45, 7) is 1.92. The van der Waals surface area contributed by atoms with E-state index in [1.807, 2.05) is 42.6 Å². The molecule has 0 radical (unpaired) electrons. The molecule has 2 heterocycles. The summed E-state index contributed by atoms with van der Waals surface area (Å²) in [5.74, 6) is -1.11. The van der Waals surface area contributed by atoms with Crippen molar-refractivity contribution in [2.45, 2.75) is 13.0 Å². The Hall–Kier alpha value is -3.58. The van der Waals surface area contributed by atoms with Crippen molar-refractivity contribution >= 4 is 34.5 Å². The smallest absolute Gasteiger partial charge is 0.300 e. The van der Waals surface area contributed by atoms with Crippen LogP contribution in [0.5, 0.6) is 11.5 Å². The summed E-state index contributed by atoms with van der Waals surface area (Å²) in [5.41, 5.74) is 1.77. The zero-order valence-electron chi connectivity index (χ0n) is 17.3. The molecule has 1 unspecified atom stereocenters. The van der Waals surface area contributed by atoms with Gasteiger partial charge in [0.05, 0.1) is 19.8 Å². The van der Waals surface area contributed by atoms with Gasteiger partial charge in [0.1, 0.15) is 28.9 Å². The predicted molar refractivity (Wildman–Crippen MR) is 120 cm³/mol. The topological polar surface area (TPSA) is 76.1 Å². The average molecular weight is 436 g/mol. The average Bonchev–Trinajstić information content (AvgIpc) is 3.39. The number of hydrogen-bond donors (Lipinski definition) is 1. The summed E-state index contributed by atoms with van der Waals surface area (Å²) in [5, 5.41) is 13.2. The maximum atomic E-state index is 13.2. The molecule has 1 saturated heterocycles. The second-order valence-electron chi connectivity index (χ2n) is 7.06. The number of ketones is 1. The highest BCUT2D eigenvalue weighted by Gasteiger charge is 2.48. The van der Waals surface area contributed by atoms with Gasteiger partial charge in [-0.2, -0.15) is 0 Å². The van der Waals surface area contributed by atoms with E-state index in [2.05, 4.69) is 0 Å². The number of thiophene rings is 1. The second kappa shape index (κ2) is 8.28. The van der Waals surface area contributed by atoms with Crippen molar-refractivity contribution in [3.05, 3.63) is 81.6 Å². The summed E-state index contributed by atoms with van der Waals surface area (Å²) in [6, 6.07) is 15.3. The van der Waals surface area contributed by atoms with Gasteiger partial charge in [-0.1, -0.05) is 24.3 Å². The van der Waals surface area contributed by atoms with Crippen molar-refractivity contribution in [1.82, 2.24) is 0 Å². The van der Waals surface area contributed by atoms with Gasteiger partial charge in [-0.25, -0.2) is 0 Å². The largest absolute Gasteiger partial charge is 0.506 e. The van der Waals surface area contributed by atoms with E-state index in [4.69, 9.17) is 9.47 Å². The van der Waals surface area contributed by atoms with Gasteiger partial charge in [0.2, 0.25) is 0 Å². The van der Waals surface area contributed by atoms with Crippen LogP contribution in [0.4, 0.5) is 5.69 Å². The molecule has 1 aromatic heterocycles. The Morgan fingerprint density at radius 2 is 1.68 bits per heavy atom. The third-order valence-electron chi connectivity index (χ3n) is 5.20. The molecule has 158 valence electrons. The van der Waals surface area contributed by atoms with E-state index >= 15 is 0 Å². The van der Waals surface area contributed by atoms with Crippen LogP contribution in [0.25, 0.3) is 5.76 Å². The zero-order chi connectivity index (χ0) is 22.1. The third-order valence-corrected chi connectivity index (χ3v) is 6.13. The van der Waals surface area contributed by atoms with Crippen LogP contribution in [0.1, 0.15) is 22.0 Å². The van der Waals surface area contributed by atoms with E-state index in [0.717, 1.165) is 10.4 Å². The molecule has 7 heteroatoms. The lowest BCUT2D eigenvalue weighted by Gasteiger charge is -2.24. The van der Waals surface area contributed by atoms with Gasteiger partial charge >= 0.3 is 0 Å². The van der Waals surface area contributed by atoms with Crippen LogP contribution in [-0.4, -0.2) is 31.0 Å². The number of anilines is 1. The third kappa shape index (κ3) is 3.47. The number of rotatable bonds is 5. The van der Waals surface area contributed by atoms with Gasteiger partial charge in [-0.3, -0.25) is 14.5 Å². The molecule has 1 fully saturated rings. The van der Waals surface area contributed by atoms with Gasteiger partial charge in [-0.15, -0.1) is 11.3 Å². The van der Waals surface area contributed by atoms with Crippen molar-refractivity contribution < 1.29 is 24.2 Å². The lowest BCUT2D eigenvalue weighted by Crippen LogP contribution is -2.29. The van der Waals surface area contributed by atoms with Crippen LogP contribution < -0.4 is 14.4 Å². The van der Waals surface area contributed by atoms with E-state index in [-0.39, 0.29) is 16.9 Å². The van der Waals surface area contributed by atoms with Crippen molar-refractivity contribution in [2.75, 3.05) is 19.1 Å². The first kappa shape index (κ1) is 20.7. The number of amides is 1. The molecule has 1 atom stereocenters. The van der Waals surface area contributed by atoms with Crippen molar-refractivity contribution in [1.29, 1.82) is 0 Å². The van der Waals surface area contributed by atoms with Gasteiger partial charge < -0.3 is 14.6 Å². The quantitative estimate of drug-likeness (QED) is 0.357. The van der Waals surface area contributed by atoms with Crippen molar-refractivity contribution in [2.24, 2.45) is 0 Å². The predicted octanol–water partition coefficient (Wildman–Crippen LogP) is 4.70. The van der Waals surface area contributed by atoms with E-state index in [0.29, 0.717) is 17.2 Å². The number of carbonyl (C=O) groups is 2. The Kier molecular flexibility index (Phi) is 5.52. The fourth-order valence-corrected chi connectivity index (χ4v) is 4.64. The summed E-state index contributed by atoms with van der Waals surface area (Å²) in [4.78, 5) is 28.6. The number of carbonyl (C=O) groups excluding carboxylic acids is 2. The Bertz CT molecular complexity index is 1160. The molecular formula is C24H21NO5S. The minimum atomic E-state index is -0.767. The Morgan fingerprint density at radius 3 is 2.26 bits per heavy atom. The minimum Gasteiger partial charge on any atom is -0.506 e. The monoisotopic (exact) mass is 435 g/mol. The van der Waals surface area contributed by atoms with Gasteiger partial charge in [0.25, 0.3) is 11.7 Å². The molecule has 31 heavy (non-hydrogen) atoms. The number of aliphatic hydroxyl groups is 1. The molecular weight excluding hydrogens is 414 g/mol. The van der Waals surface area contributed by atoms with Crippen LogP contribution in [0.15, 0.2) is 65.6 Å². The van der Waals surface area contributed by atoms with E-state index in [9.17, 15) is 14.7 Å². The molecule has 0 spiro atoms. The van der Waals surface area contributed by atoms with Gasteiger partial charge in [-0.05, 0) is 48.2 Å². The number of benzene rings is 2. The van der Waals surface area contributed by atoms with Gasteiger partial charge in [0, 0.05) is 10.6 Å². The van der Waals surface area contributed by atoms with Crippen LogP contribution >= 0.6 is 11.3 Å². The maximum Gasteiger partial charge on any atom is 0.300 e. The number of aryl methyl sites for hydroxylation is 1. The first-order valence-electron chi connectivity index (χ1n) is 9.60. The Labute approximate surface area is 184 Å². The number of methoxy groups -OCH3 is 2. The first-order chi connectivity index (χ1) is 15.0. The number of nitrogens with zero attached hydrogens (tertiary/aromatic N) is 1. The van der Waals surface area contributed by atoms with Crippen LogP contribution in [0.3, 0.4) is 0 Å². The molecule has 2 aromatic carbocycles. The lowest BCUT2D eigenvalue weighted by atomic mass is 9.98. The summed E-state index contributed by atoms with van der Waals surface area (Å²) < 4.78 is 10.8. The number of aliphatic hydroxyl groups excluding tert-OH is 1. The molecule has 1 aliphatic heterocycles. The fraction of sp³-hybridized carbons (Fsp3) is 0.167. The zero-order valence-corrected chi connectivity index (χ0v) is 18.1. The lowest BCUT2D eigenvalue weighted by molar-refractivity contribution is -0.132. The maximum absolute atomic E-state index is 13.2. The molecule has 1 N–H and O–H groups in total. The molecule has 0 aliphatic carbocycles. The van der Waals surface area contributed by atoms with Crippen molar-refractivity contribution in [3.63, 3.8) is 0 Å². The molecule has 0 bridgehead atoms. The van der Waals surface area contributed by atoms with E-state index in [1.54, 1.807) is 24.3 Å². The molecule has 1 amide bonds. The fourth-order valence-electron chi connectivity index (χ4n) is 3.81. The molecule has 6 nitrogen and oxygen atoms in total. The Balaban J connectivity index is 1.99. The number of Topliss-reactive ketones (excluding diaryl/α,β-unsaturated/α-hetero) is 1. The second-order valence-corrected chi connectivity index (χ2v) is 8.04. The Morgan fingerprint density at radius 1 is 1.00 bits per heavy atom. The molecule has 4 rings (SSSR count). The summed E-state index contributed by atoms with van der Waals surface area (Å²) in [6.07, 6.45) is 0. The van der Waals surface area contributed by atoms with Gasteiger partial charge in [0.15, 0.2) is 0 Å². The highest BCUT2D eigenvalue weighted by atomic mass is 32.1. The number of hydrogen-bond acceptors (Lipinski definition) is 6. The van der Waals surface area contributed by atoms with Crippen molar-refractivity contribution in [3.8, 4) is 11.5 Å². The summed E-state index contributed by atoms with van der Waals surface area (Å²) >= 11 is 1.41.